The van der Waals surface area contributed by atoms with Gasteiger partial charge in [-0.2, -0.15) is 0 Å². The molecule has 3 nitrogen and oxygen atoms in total. The van der Waals surface area contributed by atoms with Crippen LogP contribution in [-0.2, 0) is 4.74 Å². The van der Waals surface area contributed by atoms with Crippen LogP contribution in [0.3, 0.4) is 0 Å². The van der Waals surface area contributed by atoms with Crippen molar-refractivity contribution < 1.29 is 9.47 Å². The molecule has 0 amide bonds. The summed E-state index contributed by atoms with van der Waals surface area (Å²) in [5.41, 5.74) is 6.51. The van der Waals surface area contributed by atoms with E-state index in [9.17, 15) is 0 Å². The van der Waals surface area contributed by atoms with Gasteiger partial charge in [0.1, 0.15) is 12.4 Å². The number of hydrogen-bond acceptors (Lipinski definition) is 3. The first kappa shape index (κ1) is 19.3. The summed E-state index contributed by atoms with van der Waals surface area (Å²) in [6.07, 6.45) is 0. The molecule has 2 N–H and O–H groups in total. The second kappa shape index (κ2) is 15.9. The fraction of sp³-hybridized carbons (Fsp3) is 0.600. The Bertz CT molecular complexity index is 247. The lowest BCUT2D eigenvalue weighted by Crippen LogP contribution is -2.13. The Kier molecular flexibility index (Phi) is 17.1. The predicted molar refractivity (Wildman–Crippen MR) is 79.2 cm³/mol. The molecule has 106 valence electrons. The summed E-state index contributed by atoms with van der Waals surface area (Å²) in [4.78, 5) is 0. The molecule has 3 heteroatoms. The van der Waals surface area contributed by atoms with Gasteiger partial charge in [-0.15, -0.1) is 0 Å². The van der Waals surface area contributed by atoms with Crippen LogP contribution in [0.25, 0.3) is 0 Å². The third-order valence-electron chi connectivity index (χ3n) is 1.78. The van der Waals surface area contributed by atoms with Crippen molar-refractivity contribution in [1.29, 1.82) is 0 Å². The number of rotatable bonds is 6. The van der Waals surface area contributed by atoms with Crippen molar-refractivity contribution in [3.63, 3.8) is 0 Å². The van der Waals surface area contributed by atoms with Crippen molar-refractivity contribution in [2.45, 2.75) is 34.6 Å². The fourth-order valence-corrected chi connectivity index (χ4v) is 1.04. The molecule has 0 fully saturated rings. The highest BCUT2D eigenvalue weighted by molar-refractivity contribution is 5.26. The van der Waals surface area contributed by atoms with E-state index in [4.69, 9.17) is 15.2 Å². The zero-order chi connectivity index (χ0) is 14.2. The van der Waals surface area contributed by atoms with Crippen LogP contribution in [0.2, 0.25) is 0 Å². The Hall–Kier alpha value is -1.06. The van der Waals surface area contributed by atoms with Gasteiger partial charge in [-0.25, -0.2) is 0 Å². The van der Waals surface area contributed by atoms with Crippen molar-refractivity contribution in [2.75, 3.05) is 26.4 Å². The third kappa shape index (κ3) is 11.4. The summed E-state index contributed by atoms with van der Waals surface area (Å²) < 4.78 is 10.6. The fourth-order valence-electron chi connectivity index (χ4n) is 1.04. The summed E-state index contributed by atoms with van der Waals surface area (Å²) in [6.45, 7) is 12.4. The van der Waals surface area contributed by atoms with Crippen LogP contribution in [0.4, 0.5) is 0 Å². The van der Waals surface area contributed by atoms with E-state index in [1.807, 2.05) is 58.9 Å². The Balaban J connectivity index is 0. The van der Waals surface area contributed by atoms with Gasteiger partial charge in [-0.05, 0) is 19.1 Å². The summed E-state index contributed by atoms with van der Waals surface area (Å²) >= 11 is 0. The normalized spacial score (nSPS) is 8.56. The predicted octanol–water partition coefficient (Wildman–Crippen LogP) is 3.40. The molecule has 18 heavy (non-hydrogen) atoms. The molecule has 0 bridgehead atoms. The number of hydrogen-bond donors (Lipinski definition) is 1. The number of benzene rings is 1. The lowest BCUT2D eigenvalue weighted by Gasteiger charge is -2.06. The van der Waals surface area contributed by atoms with Gasteiger partial charge in [0.25, 0.3) is 0 Å². The molecule has 0 aliphatic heterocycles. The first-order valence-corrected chi connectivity index (χ1v) is 6.80. The van der Waals surface area contributed by atoms with Gasteiger partial charge >= 0.3 is 0 Å². The van der Waals surface area contributed by atoms with Gasteiger partial charge in [0.15, 0.2) is 0 Å². The monoisotopic (exact) mass is 255 g/mol. The molecule has 1 aromatic rings. The molecular formula is C15H29NO2. The third-order valence-corrected chi connectivity index (χ3v) is 1.78. The maximum Gasteiger partial charge on any atom is 0.119 e. The molecule has 0 aliphatic rings. The number of nitrogens with two attached hydrogens (primary N) is 1. The Morgan fingerprint density at radius 3 is 1.94 bits per heavy atom. The van der Waals surface area contributed by atoms with Crippen LogP contribution < -0.4 is 10.5 Å². The lowest BCUT2D eigenvalue weighted by molar-refractivity contribution is 0.106. The first-order chi connectivity index (χ1) is 8.83. The quantitative estimate of drug-likeness (QED) is 0.792. The van der Waals surface area contributed by atoms with Crippen LogP contribution in [-0.4, -0.2) is 26.4 Å². The topological polar surface area (TPSA) is 44.5 Å². The van der Waals surface area contributed by atoms with Crippen molar-refractivity contribution in [2.24, 2.45) is 5.73 Å². The summed E-state index contributed by atoms with van der Waals surface area (Å²) in [5, 5.41) is 0. The molecule has 0 atom stereocenters. The zero-order valence-corrected chi connectivity index (χ0v) is 12.5. The number of aryl methyl sites for hydroxylation is 1. The smallest absolute Gasteiger partial charge is 0.119 e. The van der Waals surface area contributed by atoms with Crippen LogP contribution >= 0.6 is 0 Å². The van der Waals surface area contributed by atoms with Crippen molar-refractivity contribution in [1.82, 2.24) is 0 Å². The average molecular weight is 255 g/mol. The highest BCUT2D eigenvalue weighted by Gasteiger charge is 1.92. The maximum atomic E-state index is 5.44. The molecule has 1 aromatic carbocycles. The molecule has 0 aliphatic carbocycles. The molecule has 0 radical (unpaired) electrons. The minimum absolute atomic E-state index is 0.560. The van der Waals surface area contributed by atoms with Gasteiger partial charge in [0.05, 0.1) is 13.2 Å². The standard InChI is InChI=1S/C11H17NO2.2C2H6/c1-10-2-4-11(5-3-10)14-9-8-13-7-6-12;2*1-2/h2-5H,6-9,12H2,1H3;2*1-2H3. The molecule has 0 saturated heterocycles. The summed E-state index contributed by atoms with van der Waals surface area (Å²) in [7, 11) is 0. The van der Waals surface area contributed by atoms with E-state index in [-0.39, 0.29) is 0 Å². The van der Waals surface area contributed by atoms with E-state index in [1.54, 1.807) is 0 Å². The second-order valence-corrected chi connectivity index (χ2v) is 3.06. The van der Waals surface area contributed by atoms with Gasteiger partial charge in [-0.3, -0.25) is 0 Å². The highest BCUT2D eigenvalue weighted by Crippen LogP contribution is 2.10. The van der Waals surface area contributed by atoms with Crippen LogP contribution in [0.5, 0.6) is 5.75 Å². The van der Waals surface area contributed by atoms with E-state index in [0.29, 0.717) is 26.4 Å². The zero-order valence-electron chi connectivity index (χ0n) is 12.5. The van der Waals surface area contributed by atoms with Crippen molar-refractivity contribution in [3.05, 3.63) is 29.8 Å². The van der Waals surface area contributed by atoms with E-state index in [0.717, 1.165) is 5.75 Å². The minimum atomic E-state index is 0.560. The lowest BCUT2D eigenvalue weighted by atomic mass is 10.2. The Morgan fingerprint density at radius 2 is 1.44 bits per heavy atom. The largest absolute Gasteiger partial charge is 0.491 e. The van der Waals surface area contributed by atoms with E-state index >= 15 is 0 Å². The molecule has 1 rings (SSSR count). The summed E-state index contributed by atoms with van der Waals surface area (Å²) in [6, 6.07) is 7.96. The van der Waals surface area contributed by atoms with Gasteiger partial charge in [-0.1, -0.05) is 45.4 Å². The highest BCUT2D eigenvalue weighted by atomic mass is 16.5. The van der Waals surface area contributed by atoms with Crippen LogP contribution in [0, 0.1) is 6.92 Å². The molecule has 0 saturated carbocycles. The van der Waals surface area contributed by atoms with E-state index in [2.05, 4.69) is 0 Å². The number of ether oxygens (including phenoxy) is 2. The molecule has 0 heterocycles. The van der Waals surface area contributed by atoms with Gasteiger partial charge in [0.2, 0.25) is 0 Å². The average Bonchev–Trinajstić information content (AvgIpc) is 2.45. The second-order valence-electron chi connectivity index (χ2n) is 3.06. The van der Waals surface area contributed by atoms with Gasteiger partial charge < -0.3 is 15.2 Å². The summed E-state index contributed by atoms with van der Waals surface area (Å²) in [5.74, 6) is 0.881. The van der Waals surface area contributed by atoms with Crippen LogP contribution in [0.15, 0.2) is 24.3 Å². The van der Waals surface area contributed by atoms with E-state index < -0.39 is 0 Å². The first-order valence-electron chi connectivity index (χ1n) is 6.80. The van der Waals surface area contributed by atoms with E-state index in [1.165, 1.54) is 5.56 Å². The molecule has 0 aromatic heterocycles. The molecule has 0 unspecified atom stereocenters. The van der Waals surface area contributed by atoms with Gasteiger partial charge in [0, 0.05) is 6.54 Å². The maximum absolute atomic E-state index is 5.44. The Morgan fingerprint density at radius 1 is 0.889 bits per heavy atom. The molecular weight excluding hydrogens is 226 g/mol. The Labute approximate surface area is 112 Å². The molecule has 0 spiro atoms. The minimum Gasteiger partial charge on any atom is -0.491 e. The van der Waals surface area contributed by atoms with Crippen LogP contribution in [0.1, 0.15) is 33.3 Å². The SMILES string of the molecule is CC.CC.Cc1ccc(OCCOCCN)cc1. The van der Waals surface area contributed by atoms with Crippen molar-refractivity contribution >= 4 is 0 Å². The van der Waals surface area contributed by atoms with Crippen molar-refractivity contribution in [3.8, 4) is 5.75 Å².